The van der Waals surface area contributed by atoms with Gasteiger partial charge in [0.05, 0.1) is 0 Å². The van der Waals surface area contributed by atoms with Gasteiger partial charge in [-0.3, -0.25) is 20.3 Å². The summed E-state index contributed by atoms with van der Waals surface area (Å²) in [7, 11) is 2.05. The van der Waals surface area contributed by atoms with Crippen LogP contribution in [0, 0.1) is 5.41 Å². The zero-order valence-corrected chi connectivity index (χ0v) is 10.9. The number of amidine groups is 1. The molecule has 0 radical (unpaired) electrons. The molecule has 19 heavy (non-hydrogen) atoms. The van der Waals surface area contributed by atoms with Crippen molar-refractivity contribution in [1.29, 1.82) is 5.41 Å². The highest BCUT2D eigenvalue weighted by atomic mass is 15.1. The van der Waals surface area contributed by atoms with Crippen LogP contribution in [0.4, 0.5) is 0 Å². The van der Waals surface area contributed by atoms with Gasteiger partial charge in [0.1, 0.15) is 11.5 Å². The summed E-state index contributed by atoms with van der Waals surface area (Å²) in [6.45, 7) is 1.63. The first-order valence-corrected chi connectivity index (χ1v) is 6.02. The molecule has 0 unspecified atom stereocenters. The van der Waals surface area contributed by atoms with Gasteiger partial charge in [-0.1, -0.05) is 0 Å². The Morgan fingerprint density at radius 2 is 1.79 bits per heavy atom. The van der Waals surface area contributed by atoms with Gasteiger partial charge in [0.15, 0.2) is 0 Å². The van der Waals surface area contributed by atoms with E-state index in [4.69, 9.17) is 11.1 Å². The van der Waals surface area contributed by atoms with Gasteiger partial charge in [-0.25, -0.2) is 0 Å². The van der Waals surface area contributed by atoms with E-state index in [1.807, 2.05) is 31.3 Å². The molecule has 5 heteroatoms. The first kappa shape index (κ1) is 13.2. The van der Waals surface area contributed by atoms with E-state index in [9.17, 15) is 0 Å². The van der Waals surface area contributed by atoms with Crippen molar-refractivity contribution >= 4 is 5.84 Å². The number of pyridine rings is 2. The molecule has 0 atom stereocenters. The summed E-state index contributed by atoms with van der Waals surface area (Å²) in [5.74, 6) is -0.00126. The second-order valence-electron chi connectivity index (χ2n) is 4.49. The number of hydrogen-bond donors (Lipinski definition) is 2. The zero-order chi connectivity index (χ0) is 13.7. The number of nitrogens with one attached hydrogen (secondary N) is 1. The summed E-state index contributed by atoms with van der Waals surface area (Å²) >= 11 is 0. The van der Waals surface area contributed by atoms with E-state index in [0.717, 1.165) is 18.7 Å². The third kappa shape index (κ3) is 3.86. The number of hydrogen-bond acceptors (Lipinski definition) is 4. The molecule has 0 saturated carbocycles. The Morgan fingerprint density at radius 3 is 2.47 bits per heavy atom. The van der Waals surface area contributed by atoms with Crippen molar-refractivity contribution in [2.24, 2.45) is 5.73 Å². The minimum atomic E-state index is -0.00126. The van der Waals surface area contributed by atoms with Crippen LogP contribution in [0.2, 0.25) is 0 Å². The van der Waals surface area contributed by atoms with Gasteiger partial charge in [-0.2, -0.15) is 0 Å². The Kier molecular flexibility index (Phi) is 4.20. The van der Waals surface area contributed by atoms with E-state index in [-0.39, 0.29) is 5.84 Å². The van der Waals surface area contributed by atoms with Crippen LogP contribution in [0.25, 0.3) is 0 Å². The van der Waals surface area contributed by atoms with Crippen molar-refractivity contribution in [1.82, 2.24) is 14.9 Å². The third-order valence-electron chi connectivity index (χ3n) is 2.75. The zero-order valence-electron chi connectivity index (χ0n) is 10.9. The summed E-state index contributed by atoms with van der Waals surface area (Å²) in [4.78, 5) is 10.2. The van der Waals surface area contributed by atoms with E-state index in [0.29, 0.717) is 5.69 Å². The molecular formula is C14H17N5. The lowest BCUT2D eigenvalue weighted by molar-refractivity contribution is 0.319. The van der Waals surface area contributed by atoms with Crippen molar-refractivity contribution in [3.8, 4) is 0 Å². The van der Waals surface area contributed by atoms with E-state index in [2.05, 4.69) is 14.9 Å². The Morgan fingerprint density at radius 1 is 1.16 bits per heavy atom. The molecule has 0 aliphatic heterocycles. The van der Waals surface area contributed by atoms with E-state index in [1.54, 1.807) is 18.6 Å². The van der Waals surface area contributed by atoms with Crippen LogP contribution in [0.3, 0.4) is 0 Å². The SMILES string of the molecule is CN(Cc1ccncc1)Cc1ccnc(C(=N)N)c1. The highest BCUT2D eigenvalue weighted by molar-refractivity contribution is 5.93. The van der Waals surface area contributed by atoms with Crippen molar-refractivity contribution in [2.75, 3.05) is 7.05 Å². The van der Waals surface area contributed by atoms with Gasteiger partial charge in [0.25, 0.3) is 0 Å². The topological polar surface area (TPSA) is 78.9 Å². The highest BCUT2D eigenvalue weighted by Gasteiger charge is 2.04. The molecule has 0 fully saturated rings. The van der Waals surface area contributed by atoms with E-state index >= 15 is 0 Å². The Bertz CT molecular complexity index is 553. The maximum absolute atomic E-state index is 7.39. The maximum atomic E-state index is 7.39. The van der Waals surface area contributed by atoms with Crippen LogP contribution in [0.5, 0.6) is 0 Å². The number of nitrogen functional groups attached to an aromatic ring is 1. The van der Waals surface area contributed by atoms with Gasteiger partial charge in [0.2, 0.25) is 0 Å². The molecule has 0 aliphatic rings. The fourth-order valence-electron chi connectivity index (χ4n) is 1.89. The Balaban J connectivity index is 2.01. The molecular weight excluding hydrogens is 238 g/mol. The van der Waals surface area contributed by atoms with Gasteiger partial charge < -0.3 is 5.73 Å². The van der Waals surface area contributed by atoms with Crippen molar-refractivity contribution in [3.05, 3.63) is 59.7 Å². The van der Waals surface area contributed by atoms with Crippen LogP contribution in [-0.2, 0) is 13.1 Å². The molecule has 0 bridgehead atoms. The summed E-state index contributed by atoms with van der Waals surface area (Å²) in [5.41, 5.74) is 8.28. The van der Waals surface area contributed by atoms with Crippen molar-refractivity contribution in [3.63, 3.8) is 0 Å². The number of nitrogens with two attached hydrogens (primary N) is 1. The molecule has 0 aliphatic carbocycles. The lowest BCUT2D eigenvalue weighted by Gasteiger charge is -2.16. The number of nitrogens with zero attached hydrogens (tertiary/aromatic N) is 3. The number of rotatable bonds is 5. The monoisotopic (exact) mass is 255 g/mol. The van der Waals surface area contributed by atoms with Crippen LogP contribution in [0.1, 0.15) is 16.8 Å². The second-order valence-corrected chi connectivity index (χ2v) is 4.49. The van der Waals surface area contributed by atoms with Crippen molar-refractivity contribution in [2.45, 2.75) is 13.1 Å². The molecule has 0 amide bonds. The van der Waals surface area contributed by atoms with E-state index < -0.39 is 0 Å². The fraction of sp³-hybridized carbons (Fsp3) is 0.214. The molecule has 5 nitrogen and oxygen atoms in total. The third-order valence-corrected chi connectivity index (χ3v) is 2.75. The van der Waals surface area contributed by atoms with Gasteiger partial charge in [0, 0.05) is 31.7 Å². The van der Waals surface area contributed by atoms with Gasteiger partial charge in [-0.15, -0.1) is 0 Å². The summed E-state index contributed by atoms with van der Waals surface area (Å²) in [5, 5.41) is 7.39. The molecule has 2 rings (SSSR count). The molecule has 3 N–H and O–H groups in total. The lowest BCUT2D eigenvalue weighted by Crippen LogP contribution is -2.18. The summed E-state index contributed by atoms with van der Waals surface area (Å²) < 4.78 is 0. The molecule has 0 spiro atoms. The normalized spacial score (nSPS) is 10.6. The van der Waals surface area contributed by atoms with Gasteiger partial charge >= 0.3 is 0 Å². The van der Waals surface area contributed by atoms with Crippen LogP contribution in [-0.4, -0.2) is 27.8 Å². The van der Waals surface area contributed by atoms with Crippen LogP contribution in [0.15, 0.2) is 42.9 Å². The van der Waals surface area contributed by atoms with Crippen LogP contribution >= 0.6 is 0 Å². The largest absolute Gasteiger partial charge is 0.382 e. The first-order chi connectivity index (χ1) is 9.15. The average Bonchev–Trinajstić information content (AvgIpc) is 2.40. The molecule has 2 aromatic rings. The first-order valence-electron chi connectivity index (χ1n) is 6.02. The fourth-order valence-corrected chi connectivity index (χ4v) is 1.89. The lowest BCUT2D eigenvalue weighted by atomic mass is 10.2. The predicted octanol–water partition coefficient (Wildman–Crippen LogP) is 1.39. The smallest absolute Gasteiger partial charge is 0.141 e. The Hall–Kier alpha value is -2.27. The summed E-state index contributed by atoms with van der Waals surface area (Å²) in [6, 6.07) is 7.80. The molecule has 0 aromatic carbocycles. The quantitative estimate of drug-likeness (QED) is 0.625. The summed E-state index contributed by atoms with van der Waals surface area (Å²) in [6.07, 6.45) is 5.28. The van der Waals surface area contributed by atoms with Crippen molar-refractivity contribution < 1.29 is 0 Å². The molecule has 0 saturated heterocycles. The van der Waals surface area contributed by atoms with Gasteiger partial charge in [-0.05, 0) is 42.4 Å². The van der Waals surface area contributed by atoms with E-state index in [1.165, 1.54) is 5.56 Å². The minimum Gasteiger partial charge on any atom is -0.382 e. The average molecular weight is 255 g/mol. The Labute approximate surface area is 112 Å². The molecule has 2 aromatic heterocycles. The maximum Gasteiger partial charge on any atom is 0.141 e. The second kappa shape index (κ2) is 6.06. The standard InChI is InChI=1S/C14H17N5/c1-19(9-11-2-5-17-6-3-11)10-12-4-7-18-13(8-12)14(15)16/h2-8H,9-10H2,1H3,(H3,15,16). The number of aromatic nitrogens is 2. The minimum absolute atomic E-state index is 0.00126. The molecule has 2 heterocycles. The molecule has 98 valence electrons. The highest BCUT2D eigenvalue weighted by Crippen LogP contribution is 2.08. The van der Waals surface area contributed by atoms with Crippen LogP contribution < -0.4 is 5.73 Å². The predicted molar refractivity (Wildman–Crippen MR) is 74.7 cm³/mol.